The van der Waals surface area contributed by atoms with Crippen LogP contribution in [0.3, 0.4) is 0 Å². The Kier molecular flexibility index (Phi) is 5.29. The first kappa shape index (κ1) is 19.2. The van der Waals surface area contributed by atoms with Crippen LogP contribution in [0.4, 0.5) is 17.6 Å². The minimum atomic E-state index is -4.39. The van der Waals surface area contributed by atoms with Crippen LogP contribution in [0.2, 0.25) is 0 Å². The first-order chi connectivity index (χ1) is 13.4. The van der Waals surface area contributed by atoms with Crippen molar-refractivity contribution in [3.05, 3.63) is 65.5 Å². The predicted octanol–water partition coefficient (Wildman–Crippen LogP) is 3.98. The SMILES string of the molecule is Fc1ccc(CN2CC3C[C@H]2CN3CCOc2c[c]cc(C(F)(F)F)c2)cc1. The number of rotatable bonds is 6. The molecule has 3 nitrogen and oxygen atoms in total. The van der Waals surface area contributed by atoms with Crippen LogP contribution in [0.25, 0.3) is 0 Å². The lowest BCUT2D eigenvalue weighted by atomic mass is 10.2. The van der Waals surface area contributed by atoms with E-state index in [0.29, 0.717) is 25.2 Å². The summed E-state index contributed by atoms with van der Waals surface area (Å²) >= 11 is 0. The molecule has 2 fully saturated rings. The lowest BCUT2D eigenvalue weighted by molar-refractivity contribution is -0.137. The number of hydrogen-bond acceptors (Lipinski definition) is 3. The van der Waals surface area contributed by atoms with Gasteiger partial charge in [-0.15, -0.1) is 0 Å². The smallest absolute Gasteiger partial charge is 0.416 e. The third kappa shape index (κ3) is 4.31. The van der Waals surface area contributed by atoms with Crippen molar-refractivity contribution in [2.75, 3.05) is 26.2 Å². The maximum Gasteiger partial charge on any atom is 0.416 e. The van der Waals surface area contributed by atoms with Gasteiger partial charge in [0.25, 0.3) is 0 Å². The van der Waals surface area contributed by atoms with Crippen LogP contribution in [0.5, 0.6) is 5.75 Å². The van der Waals surface area contributed by atoms with Crippen LogP contribution in [-0.4, -0.2) is 48.1 Å². The number of alkyl halides is 3. The van der Waals surface area contributed by atoms with E-state index in [1.54, 1.807) is 0 Å². The number of benzene rings is 2. The Hall–Kier alpha value is -2.12. The minimum Gasteiger partial charge on any atom is -0.492 e. The molecular formula is C21H21F4N2O. The Morgan fingerprint density at radius 2 is 1.75 bits per heavy atom. The number of hydrogen-bond donors (Lipinski definition) is 0. The molecule has 0 amide bonds. The molecule has 2 aliphatic rings. The van der Waals surface area contributed by atoms with E-state index >= 15 is 0 Å². The van der Waals surface area contributed by atoms with Crippen molar-refractivity contribution in [2.45, 2.75) is 31.2 Å². The van der Waals surface area contributed by atoms with Crippen molar-refractivity contribution in [3.63, 3.8) is 0 Å². The number of likely N-dealkylation sites (tertiary alicyclic amines) is 2. The van der Waals surface area contributed by atoms with Crippen molar-refractivity contribution in [2.24, 2.45) is 0 Å². The molecule has 1 unspecified atom stereocenters. The number of fused-ring (bicyclic) bond motifs is 2. The van der Waals surface area contributed by atoms with E-state index < -0.39 is 11.7 Å². The zero-order valence-corrected chi connectivity index (χ0v) is 15.3. The molecule has 0 spiro atoms. The van der Waals surface area contributed by atoms with Crippen molar-refractivity contribution in [1.29, 1.82) is 0 Å². The Balaban J connectivity index is 1.25. The van der Waals surface area contributed by atoms with Gasteiger partial charge in [0.2, 0.25) is 0 Å². The van der Waals surface area contributed by atoms with Gasteiger partial charge < -0.3 is 4.74 Å². The lowest BCUT2D eigenvalue weighted by Gasteiger charge is -2.34. The fourth-order valence-electron chi connectivity index (χ4n) is 4.10. The van der Waals surface area contributed by atoms with Crippen LogP contribution < -0.4 is 4.74 Å². The molecule has 28 heavy (non-hydrogen) atoms. The Morgan fingerprint density at radius 3 is 2.43 bits per heavy atom. The maximum absolute atomic E-state index is 13.0. The van der Waals surface area contributed by atoms with Gasteiger partial charge in [0.15, 0.2) is 0 Å². The first-order valence-corrected chi connectivity index (χ1v) is 9.32. The highest BCUT2D eigenvalue weighted by atomic mass is 19.4. The fourth-order valence-corrected chi connectivity index (χ4v) is 4.10. The van der Waals surface area contributed by atoms with E-state index in [1.165, 1.54) is 18.2 Å². The summed E-state index contributed by atoms with van der Waals surface area (Å²) in [6.45, 7) is 3.70. The summed E-state index contributed by atoms with van der Waals surface area (Å²) < 4.78 is 56.8. The quantitative estimate of drug-likeness (QED) is 0.691. The number of ether oxygens (including phenoxy) is 1. The second kappa shape index (κ2) is 7.72. The van der Waals surface area contributed by atoms with E-state index in [1.807, 2.05) is 12.1 Å². The third-order valence-electron chi connectivity index (χ3n) is 5.50. The molecule has 4 rings (SSSR count). The highest BCUT2D eigenvalue weighted by Gasteiger charge is 2.42. The molecule has 0 aromatic heterocycles. The lowest BCUT2D eigenvalue weighted by Crippen LogP contribution is -2.47. The van der Waals surface area contributed by atoms with Crippen LogP contribution >= 0.6 is 0 Å². The second-order valence-electron chi connectivity index (χ2n) is 7.40. The van der Waals surface area contributed by atoms with Gasteiger partial charge >= 0.3 is 6.18 Å². The van der Waals surface area contributed by atoms with E-state index in [-0.39, 0.29) is 11.6 Å². The van der Waals surface area contributed by atoms with E-state index in [9.17, 15) is 17.6 Å². The van der Waals surface area contributed by atoms with Gasteiger partial charge in [-0.1, -0.05) is 12.1 Å². The first-order valence-electron chi connectivity index (χ1n) is 9.32. The zero-order chi connectivity index (χ0) is 19.7. The van der Waals surface area contributed by atoms with Crippen LogP contribution in [0.1, 0.15) is 17.5 Å². The largest absolute Gasteiger partial charge is 0.492 e. The number of halogens is 4. The molecule has 0 aliphatic carbocycles. The number of piperazine rings is 1. The Labute approximate surface area is 161 Å². The van der Waals surface area contributed by atoms with Gasteiger partial charge in [-0.05, 0) is 48.4 Å². The molecule has 2 saturated heterocycles. The van der Waals surface area contributed by atoms with Crippen molar-refractivity contribution in [1.82, 2.24) is 9.80 Å². The summed E-state index contributed by atoms with van der Waals surface area (Å²) in [5, 5.41) is 0. The summed E-state index contributed by atoms with van der Waals surface area (Å²) in [4.78, 5) is 4.75. The molecule has 2 bridgehead atoms. The number of nitrogens with zero attached hydrogens (tertiary/aromatic N) is 2. The van der Waals surface area contributed by atoms with Gasteiger partial charge in [0, 0.05) is 38.3 Å². The van der Waals surface area contributed by atoms with Crippen LogP contribution in [0, 0.1) is 11.9 Å². The molecule has 149 valence electrons. The molecule has 0 saturated carbocycles. The van der Waals surface area contributed by atoms with Crippen molar-refractivity contribution < 1.29 is 22.3 Å². The van der Waals surface area contributed by atoms with Gasteiger partial charge in [-0.2, -0.15) is 13.2 Å². The van der Waals surface area contributed by atoms with Gasteiger partial charge in [-0.25, -0.2) is 4.39 Å². The van der Waals surface area contributed by atoms with Crippen molar-refractivity contribution in [3.8, 4) is 5.75 Å². The summed E-state index contributed by atoms with van der Waals surface area (Å²) in [5.41, 5.74) is 0.353. The summed E-state index contributed by atoms with van der Waals surface area (Å²) in [7, 11) is 0. The highest BCUT2D eigenvalue weighted by Crippen LogP contribution is 2.33. The average molecular weight is 393 g/mol. The van der Waals surface area contributed by atoms with Gasteiger partial charge in [0.1, 0.15) is 18.2 Å². The average Bonchev–Trinajstić information content (AvgIpc) is 3.23. The summed E-state index contributed by atoms with van der Waals surface area (Å²) in [6.07, 6.45) is -3.31. The maximum atomic E-state index is 13.0. The minimum absolute atomic E-state index is 0.192. The van der Waals surface area contributed by atoms with Crippen LogP contribution in [-0.2, 0) is 12.7 Å². The predicted molar refractivity (Wildman–Crippen MR) is 96.4 cm³/mol. The second-order valence-corrected chi connectivity index (χ2v) is 7.40. The summed E-state index contributed by atoms with van der Waals surface area (Å²) in [6, 6.07) is 13.3. The molecule has 2 aromatic carbocycles. The molecule has 7 heteroatoms. The molecule has 0 N–H and O–H groups in total. The van der Waals surface area contributed by atoms with Crippen LogP contribution in [0.15, 0.2) is 42.5 Å². The molecule has 2 atom stereocenters. The monoisotopic (exact) mass is 393 g/mol. The van der Waals surface area contributed by atoms with Gasteiger partial charge in [0.05, 0.1) is 5.56 Å². The zero-order valence-electron chi connectivity index (χ0n) is 15.3. The standard InChI is InChI=1S/C21H21F4N2O/c22-17-6-4-15(5-7-17)12-27-14-18-11-19(27)13-26(18)8-9-28-20-3-1-2-16(10-20)21(23,24)25/h2-7,10,18-19H,8-9,11-14H2/t18?,19-/m0/s1. The Bertz CT molecular complexity index is 809. The topological polar surface area (TPSA) is 15.7 Å². The normalized spacial score (nSPS) is 22.7. The fraction of sp³-hybridized carbons (Fsp3) is 0.429. The van der Waals surface area contributed by atoms with E-state index in [4.69, 9.17) is 4.74 Å². The third-order valence-corrected chi connectivity index (χ3v) is 5.50. The molecule has 2 heterocycles. The molecule has 2 aliphatic heterocycles. The highest BCUT2D eigenvalue weighted by molar-refractivity contribution is 5.29. The van der Waals surface area contributed by atoms with E-state index in [2.05, 4.69) is 15.9 Å². The molecule has 1 radical (unpaired) electrons. The Morgan fingerprint density at radius 1 is 1.04 bits per heavy atom. The van der Waals surface area contributed by atoms with Gasteiger partial charge in [-0.3, -0.25) is 9.80 Å². The molecule has 2 aromatic rings. The van der Waals surface area contributed by atoms with Crippen molar-refractivity contribution >= 4 is 0 Å². The molecular weight excluding hydrogens is 372 g/mol. The van der Waals surface area contributed by atoms with E-state index in [0.717, 1.165) is 43.8 Å². The summed E-state index contributed by atoms with van der Waals surface area (Å²) in [5.74, 6) is -0.0339.